The van der Waals surface area contributed by atoms with Crippen molar-refractivity contribution in [2.45, 2.75) is 46.1 Å². The van der Waals surface area contributed by atoms with Gasteiger partial charge in [-0.25, -0.2) is 9.55 Å². The Bertz CT molecular complexity index is 258. The van der Waals surface area contributed by atoms with Gasteiger partial charge in [0.1, 0.15) is 12.4 Å². The minimum Gasteiger partial charge on any atom is -0.382 e. The van der Waals surface area contributed by atoms with E-state index in [-0.39, 0.29) is 0 Å². The van der Waals surface area contributed by atoms with E-state index in [1.54, 1.807) is 0 Å². The molecule has 0 unspecified atom stereocenters. The summed E-state index contributed by atoms with van der Waals surface area (Å²) < 4.78 is 7.63. The highest BCUT2D eigenvalue weighted by molar-refractivity contribution is 4.77. The number of nitrogens with zero attached hydrogens (tertiary/aromatic N) is 1. The smallest absolute Gasteiger partial charge is 0.254 e. The Balaban J connectivity index is 2.29. The number of ether oxygens (including phenoxy) is 1. The first-order chi connectivity index (χ1) is 7.38. The molecule has 15 heavy (non-hydrogen) atoms. The van der Waals surface area contributed by atoms with E-state index in [4.69, 9.17) is 4.74 Å². The largest absolute Gasteiger partial charge is 0.382 e. The van der Waals surface area contributed by atoms with Crippen LogP contribution in [0.1, 0.15) is 38.9 Å². The van der Waals surface area contributed by atoms with E-state index in [1.807, 2.05) is 13.1 Å². The molecule has 0 aliphatic carbocycles. The quantitative estimate of drug-likeness (QED) is 0.517. The maximum Gasteiger partial charge on any atom is 0.254 e. The standard InChI is InChI=1S/C12H22N2O/c1-3-5-7-12-13-8-10-14(12)9-6-11-15-4-2/h8,10H,3-7,9,11H2,1-2H3/p+1. The number of imidazole rings is 1. The third kappa shape index (κ3) is 4.47. The van der Waals surface area contributed by atoms with Crippen LogP contribution in [0.2, 0.25) is 0 Å². The van der Waals surface area contributed by atoms with Gasteiger partial charge in [-0.2, -0.15) is 0 Å². The average Bonchev–Trinajstić information content (AvgIpc) is 2.69. The molecule has 0 amide bonds. The fourth-order valence-electron chi connectivity index (χ4n) is 1.65. The van der Waals surface area contributed by atoms with Gasteiger partial charge < -0.3 is 4.74 Å². The molecule has 0 radical (unpaired) electrons. The summed E-state index contributed by atoms with van der Waals surface area (Å²) in [5.74, 6) is 1.34. The second-order valence-corrected chi connectivity index (χ2v) is 3.75. The fraction of sp³-hybridized carbons (Fsp3) is 0.750. The zero-order valence-corrected chi connectivity index (χ0v) is 9.96. The normalized spacial score (nSPS) is 10.8. The molecule has 1 heterocycles. The molecule has 0 bridgehead atoms. The van der Waals surface area contributed by atoms with E-state index in [9.17, 15) is 0 Å². The molecule has 1 rings (SSSR count). The van der Waals surface area contributed by atoms with Gasteiger partial charge in [0, 0.05) is 19.4 Å². The van der Waals surface area contributed by atoms with Crippen LogP contribution in [0.3, 0.4) is 0 Å². The van der Waals surface area contributed by atoms with Gasteiger partial charge in [-0.1, -0.05) is 13.3 Å². The monoisotopic (exact) mass is 211 g/mol. The maximum atomic E-state index is 5.33. The number of unbranched alkanes of at least 4 members (excludes halogenated alkanes) is 1. The van der Waals surface area contributed by atoms with Crippen molar-refractivity contribution in [3.8, 4) is 0 Å². The van der Waals surface area contributed by atoms with Gasteiger partial charge in [0.2, 0.25) is 0 Å². The highest BCUT2D eigenvalue weighted by Gasteiger charge is 2.08. The van der Waals surface area contributed by atoms with Crippen LogP contribution in [0.4, 0.5) is 0 Å². The molecule has 0 aliphatic rings. The lowest BCUT2D eigenvalue weighted by molar-refractivity contribution is -0.703. The van der Waals surface area contributed by atoms with Crippen LogP contribution in [-0.2, 0) is 17.7 Å². The van der Waals surface area contributed by atoms with Crippen LogP contribution >= 0.6 is 0 Å². The predicted octanol–water partition coefficient (Wildman–Crippen LogP) is 2.07. The zero-order valence-electron chi connectivity index (χ0n) is 9.96. The Morgan fingerprint density at radius 3 is 2.93 bits per heavy atom. The second-order valence-electron chi connectivity index (χ2n) is 3.75. The van der Waals surface area contributed by atoms with E-state index in [1.165, 1.54) is 18.7 Å². The number of H-pyrrole nitrogens is 1. The Labute approximate surface area is 92.5 Å². The van der Waals surface area contributed by atoms with Crippen molar-refractivity contribution in [2.24, 2.45) is 0 Å². The number of hydrogen-bond acceptors (Lipinski definition) is 1. The summed E-state index contributed by atoms with van der Waals surface area (Å²) in [6.07, 6.45) is 8.89. The highest BCUT2D eigenvalue weighted by Crippen LogP contribution is 1.97. The van der Waals surface area contributed by atoms with Crippen LogP contribution in [0, 0.1) is 0 Å². The summed E-state index contributed by atoms with van der Waals surface area (Å²) in [5.41, 5.74) is 0. The molecule has 3 nitrogen and oxygen atoms in total. The Hall–Kier alpha value is -0.830. The minimum atomic E-state index is 0.820. The van der Waals surface area contributed by atoms with Crippen LogP contribution in [-0.4, -0.2) is 18.2 Å². The molecule has 0 saturated carbocycles. The van der Waals surface area contributed by atoms with Crippen molar-refractivity contribution in [3.05, 3.63) is 18.2 Å². The number of aromatic nitrogens is 2. The summed E-state index contributed by atoms with van der Waals surface area (Å²) in [6, 6.07) is 0. The van der Waals surface area contributed by atoms with Crippen LogP contribution in [0.25, 0.3) is 0 Å². The van der Waals surface area contributed by atoms with E-state index < -0.39 is 0 Å². The maximum absolute atomic E-state index is 5.33. The third-order valence-corrected chi connectivity index (χ3v) is 2.51. The predicted molar refractivity (Wildman–Crippen MR) is 60.7 cm³/mol. The summed E-state index contributed by atoms with van der Waals surface area (Å²) >= 11 is 0. The zero-order chi connectivity index (χ0) is 10.9. The van der Waals surface area contributed by atoms with Crippen molar-refractivity contribution >= 4 is 0 Å². The van der Waals surface area contributed by atoms with E-state index in [0.717, 1.165) is 32.6 Å². The van der Waals surface area contributed by atoms with E-state index >= 15 is 0 Å². The third-order valence-electron chi connectivity index (χ3n) is 2.51. The van der Waals surface area contributed by atoms with E-state index in [0.29, 0.717) is 0 Å². The van der Waals surface area contributed by atoms with Crippen LogP contribution < -0.4 is 4.57 Å². The Morgan fingerprint density at radius 1 is 1.33 bits per heavy atom. The number of aryl methyl sites for hydroxylation is 2. The molecule has 0 aromatic carbocycles. The number of nitrogens with one attached hydrogen (secondary N) is 1. The topological polar surface area (TPSA) is 28.9 Å². The lowest BCUT2D eigenvalue weighted by atomic mass is 10.2. The molecule has 86 valence electrons. The number of hydrogen-bond donors (Lipinski definition) is 1. The lowest BCUT2D eigenvalue weighted by Crippen LogP contribution is -2.36. The number of rotatable bonds is 8. The van der Waals surface area contributed by atoms with Crippen LogP contribution in [0.5, 0.6) is 0 Å². The molecule has 0 spiro atoms. The Morgan fingerprint density at radius 2 is 2.20 bits per heavy atom. The summed E-state index contributed by atoms with van der Waals surface area (Å²) in [6.45, 7) is 7.00. The molecule has 0 atom stereocenters. The Kier molecular flexibility index (Phi) is 6.09. The lowest BCUT2D eigenvalue weighted by Gasteiger charge is -2.01. The molecule has 1 N–H and O–H groups in total. The first kappa shape index (κ1) is 12.2. The number of aromatic amines is 1. The van der Waals surface area contributed by atoms with Crippen molar-refractivity contribution in [1.29, 1.82) is 0 Å². The SMILES string of the molecule is CCCCc1[nH]cc[n+]1CCCOCC. The van der Waals surface area contributed by atoms with Crippen molar-refractivity contribution < 1.29 is 9.30 Å². The van der Waals surface area contributed by atoms with Gasteiger partial charge in [0.05, 0.1) is 13.2 Å². The molecule has 0 saturated heterocycles. The molecule has 1 aromatic rings. The highest BCUT2D eigenvalue weighted by atomic mass is 16.5. The minimum absolute atomic E-state index is 0.820. The molecule has 1 aromatic heterocycles. The van der Waals surface area contributed by atoms with Crippen molar-refractivity contribution in [2.75, 3.05) is 13.2 Å². The van der Waals surface area contributed by atoms with Crippen molar-refractivity contribution in [3.63, 3.8) is 0 Å². The molecule has 3 heteroatoms. The average molecular weight is 211 g/mol. The fourth-order valence-corrected chi connectivity index (χ4v) is 1.65. The van der Waals surface area contributed by atoms with Gasteiger partial charge in [0.15, 0.2) is 0 Å². The van der Waals surface area contributed by atoms with Crippen molar-refractivity contribution in [1.82, 2.24) is 4.98 Å². The molecule has 0 fully saturated rings. The van der Waals surface area contributed by atoms with E-state index in [2.05, 4.69) is 22.7 Å². The van der Waals surface area contributed by atoms with Crippen LogP contribution in [0.15, 0.2) is 12.4 Å². The second kappa shape index (κ2) is 7.46. The van der Waals surface area contributed by atoms with Gasteiger partial charge in [0.25, 0.3) is 5.82 Å². The summed E-state index contributed by atoms with van der Waals surface area (Å²) in [4.78, 5) is 3.30. The van der Waals surface area contributed by atoms with Gasteiger partial charge in [-0.05, 0) is 13.3 Å². The molecular weight excluding hydrogens is 188 g/mol. The summed E-state index contributed by atoms with van der Waals surface area (Å²) in [5, 5.41) is 0. The van der Waals surface area contributed by atoms with Gasteiger partial charge >= 0.3 is 0 Å². The first-order valence-electron chi connectivity index (χ1n) is 6.02. The molecule has 0 aliphatic heterocycles. The first-order valence-corrected chi connectivity index (χ1v) is 6.02. The summed E-state index contributed by atoms with van der Waals surface area (Å²) in [7, 11) is 0. The van der Waals surface area contributed by atoms with Gasteiger partial charge in [-0.3, -0.25) is 0 Å². The van der Waals surface area contributed by atoms with Gasteiger partial charge in [-0.15, -0.1) is 0 Å². The molecular formula is C12H23N2O+.